The molecule has 0 rings (SSSR count). The van der Waals surface area contributed by atoms with E-state index in [0.717, 1.165) is 0 Å². The smallest absolute Gasteiger partial charge is 0.0149 e. The molecule has 0 aromatic carbocycles. The van der Waals surface area contributed by atoms with Crippen molar-refractivity contribution in [2.24, 2.45) is 0 Å². The first-order valence-electron chi connectivity index (χ1n) is 0. The summed E-state index contributed by atoms with van der Waals surface area (Å²) >= 11 is 0. The molecule has 5 heteroatoms. The predicted octanol–water partition coefficient (Wildman–Crippen LogP) is -5.65. The van der Waals surface area contributed by atoms with Gasteiger partial charge < -0.3 is 0 Å². The molecule has 31 valence electrons. The van der Waals surface area contributed by atoms with Crippen LogP contribution in [0.15, 0.2) is 0 Å². The zero-order valence-electron chi connectivity index (χ0n) is 0.577. The van der Waals surface area contributed by atoms with Crippen LogP contribution in [0.1, 0.15) is 0 Å². The Labute approximate surface area is 81.6 Å². The van der Waals surface area contributed by atoms with Gasteiger partial charge in [-0.15, -0.1) is 0 Å². The molecule has 0 N–H and O–H groups in total. The molecule has 0 aromatic rings. The maximum absolute atomic E-state index is 0. The molecule has 0 saturated carbocycles. The van der Waals surface area contributed by atoms with Crippen molar-refractivity contribution < 1.29 is 0 Å². The molecule has 0 aliphatic carbocycles. The molecule has 0 atom stereocenters. The van der Waals surface area contributed by atoms with Crippen molar-refractivity contribution in [1.82, 2.24) is 0 Å². The van der Waals surface area contributed by atoms with Crippen LogP contribution in [0.2, 0.25) is 0 Å². The molecule has 0 bridgehead atoms. The molecule has 0 unspecified atom stereocenters. The fraction of sp³-hybridized carbons (Fsp3) is 0. The molecule has 0 aromatic heterocycles. The molecular weight excluding hydrogens is 296 g/mol. The van der Waals surface area contributed by atoms with Gasteiger partial charge in [0.25, 0.3) is 0 Å². The van der Waals surface area contributed by atoms with Gasteiger partial charge >= 0.3 is 63.2 Å². The van der Waals surface area contributed by atoms with Crippen molar-refractivity contribution in [2.75, 3.05) is 0 Å². The SMILES string of the molecule is [B].[GaH3].[GeH4].[InH3].[SiH4]. The first-order chi connectivity index (χ1) is 0. The molecule has 0 spiro atoms. The first-order valence-corrected chi connectivity index (χ1v) is 0. The van der Waals surface area contributed by atoms with Crippen molar-refractivity contribution >= 4 is 82.6 Å². The van der Waals surface area contributed by atoms with Crippen LogP contribution in [0, 0.1) is 0 Å². The van der Waals surface area contributed by atoms with Crippen molar-refractivity contribution in [2.45, 2.75) is 0 Å². The Morgan fingerprint density at radius 3 is 1.00 bits per heavy atom. The first kappa shape index (κ1) is 54.1. The summed E-state index contributed by atoms with van der Waals surface area (Å²) in [7, 11) is 0. The Kier molecular flexibility index (Phi) is 358. The van der Waals surface area contributed by atoms with Crippen LogP contribution in [0.25, 0.3) is 0 Å². The average Bonchev–Trinajstić information content (AvgIpc) is 0. The third-order valence-corrected chi connectivity index (χ3v) is 0. The fourth-order valence-electron chi connectivity index (χ4n) is 0. The third-order valence-electron chi connectivity index (χ3n) is 0. The van der Waals surface area contributed by atoms with E-state index < -0.39 is 0 Å². The van der Waals surface area contributed by atoms with Gasteiger partial charge in [-0.05, 0) is 11.0 Å². The van der Waals surface area contributed by atoms with E-state index >= 15 is 0 Å². The number of hydrogen-bond acceptors (Lipinski definition) is 0. The van der Waals surface area contributed by atoms with E-state index in [-0.39, 0.29) is 82.6 Å². The van der Waals surface area contributed by atoms with E-state index in [0.29, 0.717) is 0 Å². The Hall–Kier alpha value is 2.33. The monoisotopic (exact) mass is 311 g/mol. The van der Waals surface area contributed by atoms with E-state index in [4.69, 9.17) is 0 Å². The summed E-state index contributed by atoms with van der Waals surface area (Å²) in [4.78, 5) is 0. The minimum atomic E-state index is 0. The van der Waals surface area contributed by atoms with Crippen LogP contribution >= 0.6 is 0 Å². The minimum Gasteiger partial charge on any atom is -0.0149 e. The molecule has 0 heterocycles. The standard InChI is InChI=1S/B.Ga.GeH4.In.H4Si.6H/h;;1H4;;1H4;;;;;;. The van der Waals surface area contributed by atoms with Crippen LogP contribution in [0.3, 0.4) is 0 Å². The molecule has 5 heavy (non-hydrogen) atoms. The Morgan fingerprint density at radius 1 is 1.00 bits per heavy atom. The summed E-state index contributed by atoms with van der Waals surface area (Å²) in [6.45, 7) is 0. The summed E-state index contributed by atoms with van der Waals surface area (Å²) < 4.78 is 0. The van der Waals surface area contributed by atoms with Crippen LogP contribution in [-0.2, 0) is 0 Å². The van der Waals surface area contributed by atoms with Crippen LogP contribution in [0.4, 0.5) is 0 Å². The molecule has 3 radical (unpaired) electrons. The van der Waals surface area contributed by atoms with E-state index in [9.17, 15) is 0 Å². The normalized spacial score (nSPS) is 0. The molecule has 0 aliphatic rings. The number of hydrogen-bond donors (Lipinski definition) is 0. The van der Waals surface area contributed by atoms with Crippen molar-refractivity contribution in [1.29, 1.82) is 0 Å². The quantitative estimate of drug-likeness (QED) is 0.392. The van der Waals surface area contributed by atoms with Gasteiger partial charge in [0.05, 0.1) is 0 Å². The fourth-order valence-corrected chi connectivity index (χ4v) is 0. The Morgan fingerprint density at radius 2 is 1.00 bits per heavy atom. The maximum atomic E-state index is 0. The molecule has 0 fully saturated rings. The van der Waals surface area contributed by atoms with Gasteiger partial charge in [0, 0.05) is 8.41 Å². The van der Waals surface area contributed by atoms with E-state index in [1.54, 1.807) is 0 Å². The summed E-state index contributed by atoms with van der Waals surface area (Å²) in [5.74, 6) is 0. The number of rotatable bonds is 0. The molecule has 0 saturated heterocycles. The third kappa shape index (κ3) is 21.9. The second-order valence-electron chi connectivity index (χ2n) is 0. The minimum absolute atomic E-state index is 0. The molecule has 0 nitrogen and oxygen atoms in total. The molecular formula is H14BGaGeInSi. The van der Waals surface area contributed by atoms with E-state index in [2.05, 4.69) is 0 Å². The van der Waals surface area contributed by atoms with Crippen molar-refractivity contribution in [3.8, 4) is 0 Å². The van der Waals surface area contributed by atoms with Crippen LogP contribution in [0.5, 0.6) is 0 Å². The zero-order valence-corrected chi connectivity index (χ0v) is 0.577. The van der Waals surface area contributed by atoms with Crippen molar-refractivity contribution in [3.05, 3.63) is 0 Å². The summed E-state index contributed by atoms with van der Waals surface area (Å²) in [5.41, 5.74) is 0. The van der Waals surface area contributed by atoms with Crippen LogP contribution in [-0.4, -0.2) is 82.6 Å². The van der Waals surface area contributed by atoms with Gasteiger partial charge in [0.15, 0.2) is 0 Å². The largest absolute Gasteiger partial charge is 0.0149 e. The van der Waals surface area contributed by atoms with Crippen molar-refractivity contribution in [3.63, 3.8) is 0 Å². The van der Waals surface area contributed by atoms with Gasteiger partial charge in [-0.2, -0.15) is 0 Å². The predicted molar refractivity (Wildman–Crippen MR) is 48.3 cm³/mol. The van der Waals surface area contributed by atoms with E-state index in [1.807, 2.05) is 0 Å². The van der Waals surface area contributed by atoms with Crippen LogP contribution < -0.4 is 0 Å². The second-order valence-corrected chi connectivity index (χ2v) is 0. The molecule has 0 amide bonds. The van der Waals surface area contributed by atoms with Gasteiger partial charge in [0.2, 0.25) is 0 Å². The van der Waals surface area contributed by atoms with Gasteiger partial charge in [-0.1, -0.05) is 0 Å². The summed E-state index contributed by atoms with van der Waals surface area (Å²) in [6.07, 6.45) is 0. The van der Waals surface area contributed by atoms with Gasteiger partial charge in [-0.3, -0.25) is 0 Å². The topological polar surface area (TPSA) is 0 Å². The summed E-state index contributed by atoms with van der Waals surface area (Å²) in [6, 6.07) is 0. The van der Waals surface area contributed by atoms with Gasteiger partial charge in [0.1, 0.15) is 0 Å². The van der Waals surface area contributed by atoms with E-state index in [1.165, 1.54) is 0 Å². The molecule has 0 aliphatic heterocycles. The average molecular weight is 310 g/mol. The Balaban J connectivity index is 0. The zero-order chi connectivity index (χ0) is 0. The summed E-state index contributed by atoms with van der Waals surface area (Å²) in [5, 5.41) is 0. The maximum Gasteiger partial charge on any atom is -0.0149 e. The second kappa shape index (κ2) is 33.1. The van der Waals surface area contributed by atoms with Gasteiger partial charge in [-0.25, -0.2) is 0 Å². The Bertz CT molecular complexity index is 11.6.